The van der Waals surface area contributed by atoms with Gasteiger partial charge in [0.25, 0.3) is 0 Å². The minimum absolute atomic E-state index is 0.614. The molecule has 2 N–H and O–H groups in total. The molecule has 1 aromatic carbocycles. The third-order valence-electron chi connectivity index (χ3n) is 3.76. The van der Waals surface area contributed by atoms with E-state index in [0.717, 1.165) is 43.9 Å². The van der Waals surface area contributed by atoms with Crippen molar-refractivity contribution in [3.05, 3.63) is 12.1 Å². The van der Waals surface area contributed by atoms with Crippen LogP contribution in [-0.4, -0.2) is 47.9 Å². The number of aromatic nitrogens is 2. The lowest BCUT2D eigenvalue weighted by Gasteiger charge is -2.36. The second-order valence-corrected chi connectivity index (χ2v) is 5.82. The molecule has 1 saturated heterocycles. The molecule has 2 aromatic rings. The molecule has 20 heavy (non-hydrogen) atoms. The molecule has 0 saturated carbocycles. The zero-order valence-electron chi connectivity index (χ0n) is 12.0. The summed E-state index contributed by atoms with van der Waals surface area (Å²) in [6.45, 7) is 9.84. The van der Waals surface area contributed by atoms with Gasteiger partial charge < -0.3 is 10.6 Å². The van der Waals surface area contributed by atoms with Crippen molar-refractivity contribution in [1.82, 2.24) is 15.2 Å². The van der Waals surface area contributed by atoms with Crippen molar-refractivity contribution in [3.8, 4) is 0 Å². The van der Waals surface area contributed by atoms with E-state index in [1.54, 1.807) is 0 Å². The van der Waals surface area contributed by atoms with Crippen molar-refractivity contribution < 1.29 is 4.63 Å². The number of nitrogens with zero attached hydrogens (tertiary/aromatic N) is 4. The molecule has 1 aliphatic rings. The van der Waals surface area contributed by atoms with Crippen LogP contribution in [-0.2, 0) is 0 Å². The van der Waals surface area contributed by atoms with Gasteiger partial charge in [-0.2, -0.15) is 0 Å². The Kier molecular flexibility index (Phi) is 3.48. The van der Waals surface area contributed by atoms with Crippen LogP contribution in [0.25, 0.3) is 11.0 Å². The molecule has 1 fully saturated rings. The zero-order chi connectivity index (χ0) is 14.1. The lowest BCUT2D eigenvalue weighted by atomic mass is 10.1. The molecule has 108 valence electrons. The molecule has 6 heteroatoms. The minimum atomic E-state index is 0.614. The highest BCUT2D eigenvalue weighted by molar-refractivity contribution is 5.95. The number of nitrogens with two attached hydrogens (primary N) is 1. The fourth-order valence-corrected chi connectivity index (χ4v) is 2.82. The first-order valence-corrected chi connectivity index (χ1v) is 7.13. The van der Waals surface area contributed by atoms with Crippen LogP contribution in [0.5, 0.6) is 0 Å². The zero-order valence-corrected chi connectivity index (χ0v) is 12.0. The molecule has 2 heterocycles. The number of hydrogen-bond donors (Lipinski definition) is 1. The molecular weight excluding hydrogens is 254 g/mol. The van der Waals surface area contributed by atoms with E-state index < -0.39 is 0 Å². The Morgan fingerprint density at radius 2 is 1.85 bits per heavy atom. The van der Waals surface area contributed by atoms with Gasteiger partial charge in [0.05, 0.1) is 11.4 Å². The first-order chi connectivity index (χ1) is 9.65. The largest absolute Gasteiger partial charge is 0.397 e. The van der Waals surface area contributed by atoms with Crippen LogP contribution >= 0.6 is 0 Å². The number of rotatable bonds is 3. The Labute approximate surface area is 118 Å². The summed E-state index contributed by atoms with van der Waals surface area (Å²) in [7, 11) is 0. The number of piperazine rings is 1. The smallest absolute Gasteiger partial charge is 0.160 e. The molecule has 1 aliphatic heterocycles. The van der Waals surface area contributed by atoms with E-state index >= 15 is 0 Å². The highest BCUT2D eigenvalue weighted by Crippen LogP contribution is 2.28. The van der Waals surface area contributed by atoms with Crippen LogP contribution in [0.4, 0.5) is 11.4 Å². The van der Waals surface area contributed by atoms with Gasteiger partial charge in [0.15, 0.2) is 11.0 Å². The standard InChI is InChI=1S/C14H21N5O/c1-10(2)9-18-5-7-19(8-6-18)12-4-3-11(15)13-14(12)17-20-16-13/h3-4,10H,5-9,15H2,1-2H3. The fourth-order valence-electron chi connectivity index (χ4n) is 2.82. The van der Waals surface area contributed by atoms with E-state index in [-0.39, 0.29) is 0 Å². The molecule has 0 atom stereocenters. The van der Waals surface area contributed by atoms with Crippen LogP contribution in [0.3, 0.4) is 0 Å². The average molecular weight is 275 g/mol. The lowest BCUT2D eigenvalue weighted by Crippen LogP contribution is -2.47. The third kappa shape index (κ3) is 2.43. The molecule has 0 unspecified atom stereocenters. The molecule has 0 radical (unpaired) electrons. The van der Waals surface area contributed by atoms with Gasteiger partial charge in [-0.3, -0.25) is 4.90 Å². The van der Waals surface area contributed by atoms with Gasteiger partial charge in [-0.15, -0.1) is 0 Å². The van der Waals surface area contributed by atoms with Gasteiger partial charge in [-0.25, -0.2) is 4.63 Å². The van der Waals surface area contributed by atoms with Gasteiger partial charge in [0, 0.05) is 32.7 Å². The maximum absolute atomic E-state index is 5.89. The highest BCUT2D eigenvalue weighted by atomic mass is 16.6. The molecule has 0 amide bonds. The van der Waals surface area contributed by atoms with Crippen molar-refractivity contribution in [2.75, 3.05) is 43.4 Å². The fraction of sp³-hybridized carbons (Fsp3) is 0.571. The summed E-state index contributed by atoms with van der Waals surface area (Å²) >= 11 is 0. The Morgan fingerprint density at radius 3 is 2.55 bits per heavy atom. The van der Waals surface area contributed by atoms with Gasteiger partial charge in [-0.05, 0) is 28.4 Å². The molecule has 0 aliphatic carbocycles. The Bertz CT molecular complexity index is 586. The van der Waals surface area contributed by atoms with Crippen molar-refractivity contribution >= 4 is 22.4 Å². The number of benzene rings is 1. The molecule has 3 rings (SSSR count). The van der Waals surface area contributed by atoms with Gasteiger partial charge >= 0.3 is 0 Å². The lowest BCUT2D eigenvalue weighted by molar-refractivity contribution is 0.231. The summed E-state index contributed by atoms with van der Waals surface area (Å²) in [5.41, 5.74) is 9.00. The normalized spacial score (nSPS) is 17.2. The Balaban J connectivity index is 1.77. The van der Waals surface area contributed by atoms with E-state index in [0.29, 0.717) is 17.1 Å². The molecular formula is C14H21N5O. The van der Waals surface area contributed by atoms with Gasteiger partial charge in [-0.1, -0.05) is 13.8 Å². The topological polar surface area (TPSA) is 71.4 Å². The van der Waals surface area contributed by atoms with Crippen LogP contribution in [0.2, 0.25) is 0 Å². The van der Waals surface area contributed by atoms with Crippen LogP contribution in [0.1, 0.15) is 13.8 Å². The van der Waals surface area contributed by atoms with Crippen molar-refractivity contribution in [2.24, 2.45) is 5.92 Å². The SMILES string of the molecule is CC(C)CN1CCN(c2ccc(N)c3nonc23)CC1. The second kappa shape index (κ2) is 5.28. The van der Waals surface area contributed by atoms with Crippen LogP contribution in [0.15, 0.2) is 16.8 Å². The predicted molar refractivity (Wildman–Crippen MR) is 79.7 cm³/mol. The van der Waals surface area contributed by atoms with Gasteiger partial charge in [0.2, 0.25) is 0 Å². The van der Waals surface area contributed by atoms with E-state index in [2.05, 4.69) is 34.0 Å². The first kappa shape index (κ1) is 13.2. The molecule has 0 spiro atoms. The monoisotopic (exact) mass is 275 g/mol. The summed E-state index contributed by atoms with van der Waals surface area (Å²) in [6.07, 6.45) is 0. The summed E-state index contributed by atoms with van der Waals surface area (Å²) < 4.78 is 4.83. The summed E-state index contributed by atoms with van der Waals surface area (Å²) in [4.78, 5) is 4.85. The minimum Gasteiger partial charge on any atom is -0.397 e. The molecule has 0 bridgehead atoms. The first-order valence-electron chi connectivity index (χ1n) is 7.13. The average Bonchev–Trinajstić information content (AvgIpc) is 2.90. The predicted octanol–water partition coefficient (Wildman–Crippen LogP) is 1.58. The van der Waals surface area contributed by atoms with Crippen molar-refractivity contribution in [3.63, 3.8) is 0 Å². The maximum Gasteiger partial charge on any atom is 0.160 e. The summed E-state index contributed by atoms with van der Waals surface area (Å²) in [6, 6.07) is 3.89. The van der Waals surface area contributed by atoms with E-state index in [1.165, 1.54) is 0 Å². The second-order valence-electron chi connectivity index (χ2n) is 5.82. The number of fused-ring (bicyclic) bond motifs is 1. The van der Waals surface area contributed by atoms with E-state index in [4.69, 9.17) is 10.4 Å². The van der Waals surface area contributed by atoms with Crippen molar-refractivity contribution in [2.45, 2.75) is 13.8 Å². The summed E-state index contributed by atoms with van der Waals surface area (Å²) in [5.74, 6) is 0.713. The Morgan fingerprint density at radius 1 is 1.15 bits per heavy atom. The molecule has 1 aromatic heterocycles. The molecule has 6 nitrogen and oxygen atoms in total. The number of anilines is 2. The van der Waals surface area contributed by atoms with Crippen LogP contribution < -0.4 is 10.6 Å². The quantitative estimate of drug-likeness (QED) is 0.858. The van der Waals surface area contributed by atoms with Gasteiger partial charge in [0.1, 0.15) is 0 Å². The van der Waals surface area contributed by atoms with E-state index in [9.17, 15) is 0 Å². The maximum atomic E-state index is 5.89. The Hall–Kier alpha value is -1.82. The van der Waals surface area contributed by atoms with Crippen LogP contribution in [0, 0.1) is 5.92 Å². The number of hydrogen-bond acceptors (Lipinski definition) is 6. The number of nitrogen functional groups attached to an aromatic ring is 1. The van der Waals surface area contributed by atoms with Crippen molar-refractivity contribution in [1.29, 1.82) is 0 Å². The third-order valence-corrected chi connectivity index (χ3v) is 3.76. The van der Waals surface area contributed by atoms with E-state index in [1.807, 2.05) is 12.1 Å². The summed E-state index contributed by atoms with van der Waals surface area (Å²) in [5, 5.41) is 7.88. The highest BCUT2D eigenvalue weighted by Gasteiger charge is 2.21.